The summed E-state index contributed by atoms with van der Waals surface area (Å²) in [5, 5.41) is 0. The van der Waals surface area contributed by atoms with Crippen LogP contribution in [0, 0.1) is 5.92 Å². The predicted octanol–water partition coefficient (Wildman–Crippen LogP) is 4.95. The molecule has 1 heterocycles. The van der Waals surface area contributed by atoms with Crippen molar-refractivity contribution in [2.24, 2.45) is 5.92 Å². The van der Waals surface area contributed by atoms with Crippen molar-refractivity contribution in [1.29, 1.82) is 0 Å². The standard InChI is InChI=1S/C21H20O2/c1-2-19-20(17-11-7-4-8-12-17)15-18(23-21(19)22)14-13-16-9-5-3-6-10-16/h3-15,19-20H,2H2,1H3. The minimum Gasteiger partial charge on any atom is -0.427 e. The van der Waals surface area contributed by atoms with Crippen molar-refractivity contribution >= 4 is 12.0 Å². The number of cyclic esters (lactones) is 1. The summed E-state index contributed by atoms with van der Waals surface area (Å²) in [7, 11) is 0. The fraction of sp³-hybridized carbons (Fsp3) is 0.190. The van der Waals surface area contributed by atoms with Crippen molar-refractivity contribution in [2.75, 3.05) is 0 Å². The molecule has 1 aliphatic heterocycles. The van der Waals surface area contributed by atoms with Crippen molar-refractivity contribution in [3.63, 3.8) is 0 Å². The Morgan fingerprint density at radius 3 is 2.26 bits per heavy atom. The van der Waals surface area contributed by atoms with E-state index in [9.17, 15) is 4.79 Å². The molecule has 2 nitrogen and oxygen atoms in total. The quantitative estimate of drug-likeness (QED) is 0.747. The Hall–Kier alpha value is -2.61. The van der Waals surface area contributed by atoms with E-state index >= 15 is 0 Å². The Morgan fingerprint density at radius 1 is 0.957 bits per heavy atom. The lowest BCUT2D eigenvalue weighted by atomic mass is 9.82. The van der Waals surface area contributed by atoms with Crippen molar-refractivity contribution in [3.05, 3.63) is 89.7 Å². The van der Waals surface area contributed by atoms with E-state index in [4.69, 9.17) is 4.74 Å². The lowest BCUT2D eigenvalue weighted by Gasteiger charge is -2.27. The molecule has 2 heteroatoms. The molecule has 2 aromatic carbocycles. The highest BCUT2D eigenvalue weighted by molar-refractivity contribution is 5.77. The Morgan fingerprint density at radius 2 is 1.61 bits per heavy atom. The average molecular weight is 304 g/mol. The number of hydrogen-bond acceptors (Lipinski definition) is 2. The Labute approximate surface area is 137 Å². The highest BCUT2D eigenvalue weighted by Crippen LogP contribution is 2.35. The second-order valence-electron chi connectivity index (χ2n) is 5.69. The Kier molecular flexibility index (Phi) is 4.72. The maximum absolute atomic E-state index is 12.3. The lowest BCUT2D eigenvalue weighted by Crippen LogP contribution is -2.27. The molecule has 3 rings (SSSR count). The van der Waals surface area contributed by atoms with Gasteiger partial charge in [-0.3, -0.25) is 4.79 Å². The number of carbonyl (C=O) groups is 1. The number of carbonyl (C=O) groups excluding carboxylic acids is 1. The van der Waals surface area contributed by atoms with E-state index in [1.165, 1.54) is 0 Å². The van der Waals surface area contributed by atoms with E-state index < -0.39 is 0 Å². The van der Waals surface area contributed by atoms with Crippen LogP contribution in [0.15, 0.2) is 78.6 Å². The van der Waals surface area contributed by atoms with Gasteiger partial charge < -0.3 is 4.74 Å². The first kappa shape index (κ1) is 15.3. The van der Waals surface area contributed by atoms with E-state index in [0.29, 0.717) is 5.76 Å². The highest BCUT2D eigenvalue weighted by Gasteiger charge is 2.32. The summed E-state index contributed by atoms with van der Waals surface area (Å²) in [5.74, 6) is 0.429. The van der Waals surface area contributed by atoms with Gasteiger partial charge >= 0.3 is 5.97 Å². The van der Waals surface area contributed by atoms with Gasteiger partial charge in [-0.25, -0.2) is 0 Å². The van der Waals surface area contributed by atoms with Gasteiger partial charge in [-0.15, -0.1) is 0 Å². The van der Waals surface area contributed by atoms with Crippen LogP contribution in [0.2, 0.25) is 0 Å². The van der Waals surface area contributed by atoms with Crippen LogP contribution in [0.3, 0.4) is 0 Å². The fourth-order valence-corrected chi connectivity index (χ4v) is 2.92. The van der Waals surface area contributed by atoms with E-state index in [1.54, 1.807) is 0 Å². The molecular formula is C21H20O2. The van der Waals surface area contributed by atoms with Crippen LogP contribution in [0.5, 0.6) is 0 Å². The molecule has 0 N–H and O–H groups in total. The third-order valence-corrected chi connectivity index (χ3v) is 4.16. The van der Waals surface area contributed by atoms with Gasteiger partial charge in [0.15, 0.2) is 0 Å². The zero-order valence-corrected chi connectivity index (χ0v) is 13.2. The molecule has 116 valence electrons. The number of allylic oxidation sites excluding steroid dienone is 2. The summed E-state index contributed by atoms with van der Waals surface area (Å²) >= 11 is 0. The highest BCUT2D eigenvalue weighted by atomic mass is 16.5. The summed E-state index contributed by atoms with van der Waals surface area (Å²) < 4.78 is 5.50. The third-order valence-electron chi connectivity index (χ3n) is 4.16. The normalized spacial score (nSPS) is 21.1. The Bertz CT molecular complexity index is 714. The molecule has 0 aromatic heterocycles. The van der Waals surface area contributed by atoms with Crippen molar-refractivity contribution < 1.29 is 9.53 Å². The van der Waals surface area contributed by atoms with Crippen molar-refractivity contribution in [3.8, 4) is 0 Å². The van der Waals surface area contributed by atoms with Crippen LogP contribution in [0.25, 0.3) is 6.08 Å². The molecule has 0 spiro atoms. The lowest BCUT2D eigenvalue weighted by molar-refractivity contribution is -0.145. The molecule has 2 aromatic rings. The number of rotatable bonds is 4. The minimum absolute atomic E-state index is 0.0675. The van der Waals surface area contributed by atoms with E-state index in [2.05, 4.69) is 18.2 Å². The summed E-state index contributed by atoms with van der Waals surface area (Å²) in [6, 6.07) is 20.1. The van der Waals surface area contributed by atoms with Crippen molar-refractivity contribution in [1.82, 2.24) is 0 Å². The fourth-order valence-electron chi connectivity index (χ4n) is 2.92. The van der Waals surface area contributed by atoms with Crippen LogP contribution in [-0.4, -0.2) is 5.97 Å². The van der Waals surface area contributed by atoms with Gasteiger partial charge in [0, 0.05) is 5.92 Å². The summed E-state index contributed by atoms with van der Waals surface area (Å²) in [5.41, 5.74) is 2.24. The van der Waals surface area contributed by atoms with Crippen LogP contribution in [0.4, 0.5) is 0 Å². The molecule has 0 bridgehead atoms. The smallest absolute Gasteiger partial charge is 0.315 e. The van der Waals surface area contributed by atoms with E-state index in [0.717, 1.165) is 17.5 Å². The molecule has 0 amide bonds. The minimum atomic E-state index is -0.142. The first-order valence-electron chi connectivity index (χ1n) is 7.99. The van der Waals surface area contributed by atoms with Crippen LogP contribution >= 0.6 is 0 Å². The largest absolute Gasteiger partial charge is 0.427 e. The van der Waals surface area contributed by atoms with Gasteiger partial charge in [0.2, 0.25) is 0 Å². The molecule has 23 heavy (non-hydrogen) atoms. The number of ether oxygens (including phenoxy) is 1. The van der Waals surface area contributed by atoms with Crippen molar-refractivity contribution in [2.45, 2.75) is 19.3 Å². The van der Waals surface area contributed by atoms with Gasteiger partial charge in [0.1, 0.15) is 5.76 Å². The van der Waals surface area contributed by atoms with E-state index in [1.807, 2.05) is 67.6 Å². The number of hydrogen-bond donors (Lipinski definition) is 0. The maximum Gasteiger partial charge on any atom is 0.315 e. The van der Waals surface area contributed by atoms with Gasteiger partial charge in [-0.05, 0) is 29.7 Å². The molecular weight excluding hydrogens is 284 g/mol. The molecule has 1 aliphatic rings. The molecule has 0 saturated heterocycles. The zero-order chi connectivity index (χ0) is 16.1. The van der Waals surface area contributed by atoms with Gasteiger partial charge in [-0.1, -0.05) is 73.7 Å². The molecule has 0 saturated carbocycles. The van der Waals surface area contributed by atoms with Crippen LogP contribution in [0.1, 0.15) is 30.4 Å². The van der Waals surface area contributed by atoms with Gasteiger partial charge in [-0.2, -0.15) is 0 Å². The average Bonchev–Trinajstić information content (AvgIpc) is 2.61. The molecule has 2 unspecified atom stereocenters. The first-order valence-corrected chi connectivity index (χ1v) is 7.99. The van der Waals surface area contributed by atoms with Gasteiger partial charge in [0.25, 0.3) is 0 Å². The molecule has 0 radical (unpaired) electrons. The third kappa shape index (κ3) is 3.59. The predicted molar refractivity (Wildman–Crippen MR) is 92.6 cm³/mol. The maximum atomic E-state index is 12.3. The zero-order valence-electron chi connectivity index (χ0n) is 13.2. The topological polar surface area (TPSA) is 26.3 Å². The SMILES string of the molecule is CCC1C(=O)OC(C=Cc2ccccc2)=CC1c1ccccc1. The van der Waals surface area contributed by atoms with Crippen LogP contribution in [-0.2, 0) is 9.53 Å². The molecule has 2 atom stereocenters. The molecule has 0 fully saturated rings. The second-order valence-corrected chi connectivity index (χ2v) is 5.69. The monoisotopic (exact) mass is 304 g/mol. The summed E-state index contributed by atoms with van der Waals surface area (Å²) in [4.78, 5) is 12.3. The Balaban J connectivity index is 1.90. The molecule has 0 aliphatic carbocycles. The second kappa shape index (κ2) is 7.10. The number of esters is 1. The number of benzene rings is 2. The van der Waals surface area contributed by atoms with E-state index in [-0.39, 0.29) is 17.8 Å². The summed E-state index contributed by atoms with van der Waals surface area (Å²) in [6.07, 6.45) is 6.66. The summed E-state index contributed by atoms with van der Waals surface area (Å²) in [6.45, 7) is 2.03. The van der Waals surface area contributed by atoms with Crippen LogP contribution < -0.4 is 0 Å². The van der Waals surface area contributed by atoms with Gasteiger partial charge in [0.05, 0.1) is 5.92 Å². The first-order chi connectivity index (χ1) is 11.3.